The van der Waals surface area contributed by atoms with Gasteiger partial charge in [0.05, 0.1) is 5.56 Å². The maximum atomic E-state index is 13.5. The lowest BCUT2D eigenvalue weighted by Gasteiger charge is -2.29. The summed E-state index contributed by atoms with van der Waals surface area (Å²) < 4.78 is 42.5. The molecule has 2 aliphatic rings. The molecule has 2 aliphatic heterocycles. The average Bonchev–Trinajstić information content (AvgIpc) is 3.51. The van der Waals surface area contributed by atoms with Crippen LogP contribution in [0.15, 0.2) is 52.5 Å². The molecule has 2 unspecified atom stereocenters. The number of anilines is 1. The second kappa shape index (κ2) is 9.69. The van der Waals surface area contributed by atoms with Crippen LogP contribution in [0.3, 0.4) is 0 Å². The first-order valence-electron chi connectivity index (χ1n) is 11.7. The molecular weight excluding hydrogens is 477 g/mol. The largest absolute Gasteiger partial charge is 0.418 e. The summed E-state index contributed by atoms with van der Waals surface area (Å²) >= 11 is 1.63. The molecule has 0 radical (unpaired) electrons. The van der Waals surface area contributed by atoms with Crippen molar-refractivity contribution in [3.8, 4) is 11.4 Å². The number of hydrogen-bond donors (Lipinski definition) is 1. The summed E-state index contributed by atoms with van der Waals surface area (Å²) in [5.41, 5.74) is 0.404. The van der Waals surface area contributed by atoms with Gasteiger partial charge in [0.15, 0.2) is 11.0 Å². The van der Waals surface area contributed by atoms with Crippen LogP contribution in [-0.4, -0.2) is 62.6 Å². The molecule has 7 nitrogen and oxygen atoms in total. The first-order chi connectivity index (χ1) is 16.8. The van der Waals surface area contributed by atoms with Gasteiger partial charge in [-0.25, -0.2) is 0 Å². The van der Waals surface area contributed by atoms with Crippen molar-refractivity contribution >= 4 is 17.4 Å². The van der Waals surface area contributed by atoms with Crippen LogP contribution < -0.4 is 10.5 Å². The molecule has 2 aromatic heterocycles. The Kier molecular flexibility index (Phi) is 6.63. The summed E-state index contributed by atoms with van der Waals surface area (Å²) in [6.07, 6.45) is -0.845. The molecule has 0 amide bonds. The maximum absolute atomic E-state index is 13.5. The predicted molar refractivity (Wildman–Crippen MR) is 130 cm³/mol. The third-order valence-corrected chi connectivity index (χ3v) is 7.98. The molecule has 5 rings (SSSR count). The molecule has 4 heterocycles. The number of likely N-dealkylation sites (tertiary alicyclic amines) is 1. The summed E-state index contributed by atoms with van der Waals surface area (Å²) in [4.78, 5) is 18.3. The van der Waals surface area contributed by atoms with Crippen LogP contribution in [0.2, 0.25) is 0 Å². The summed E-state index contributed by atoms with van der Waals surface area (Å²) in [7, 11) is 1.90. The van der Waals surface area contributed by atoms with E-state index in [1.807, 2.05) is 16.5 Å². The van der Waals surface area contributed by atoms with E-state index in [1.165, 1.54) is 18.2 Å². The van der Waals surface area contributed by atoms with Crippen molar-refractivity contribution in [3.05, 3.63) is 58.5 Å². The van der Waals surface area contributed by atoms with Gasteiger partial charge in [0.2, 0.25) is 5.56 Å². The van der Waals surface area contributed by atoms with Crippen LogP contribution in [-0.2, 0) is 13.2 Å². The number of aromatic nitrogens is 4. The number of nitrogens with zero attached hydrogens (tertiary/aromatic N) is 5. The van der Waals surface area contributed by atoms with Crippen LogP contribution in [0.25, 0.3) is 11.4 Å². The summed E-state index contributed by atoms with van der Waals surface area (Å²) in [6.45, 7) is 3.30. The fourth-order valence-electron chi connectivity index (χ4n) is 5.19. The number of nitrogens with one attached hydrogen (secondary N) is 1. The van der Waals surface area contributed by atoms with Gasteiger partial charge in [-0.2, -0.15) is 13.2 Å². The van der Waals surface area contributed by atoms with Gasteiger partial charge < -0.3 is 19.4 Å². The van der Waals surface area contributed by atoms with Crippen molar-refractivity contribution in [2.45, 2.75) is 30.2 Å². The van der Waals surface area contributed by atoms with Gasteiger partial charge in [-0.05, 0) is 43.5 Å². The number of H-pyrrole nitrogens is 1. The van der Waals surface area contributed by atoms with E-state index in [2.05, 4.69) is 20.1 Å². The first kappa shape index (κ1) is 23.9. The van der Waals surface area contributed by atoms with Gasteiger partial charge in [0, 0.05) is 62.0 Å². The fraction of sp³-hybridized carbons (Fsp3) is 0.458. The highest BCUT2D eigenvalue weighted by Gasteiger charge is 2.44. The minimum Gasteiger partial charge on any atom is -0.366 e. The molecule has 0 saturated carbocycles. The zero-order valence-electron chi connectivity index (χ0n) is 19.3. The topological polar surface area (TPSA) is 70.0 Å². The monoisotopic (exact) mass is 504 g/mol. The lowest BCUT2D eigenvalue weighted by atomic mass is 10.0. The number of thioether (sulfide) groups is 1. The molecule has 2 fully saturated rings. The Morgan fingerprint density at radius 2 is 1.97 bits per heavy atom. The van der Waals surface area contributed by atoms with Crippen LogP contribution >= 0.6 is 11.8 Å². The number of aromatic amines is 1. The van der Waals surface area contributed by atoms with E-state index in [0.717, 1.165) is 48.9 Å². The van der Waals surface area contributed by atoms with Gasteiger partial charge in [-0.3, -0.25) is 4.79 Å². The Labute approximate surface area is 205 Å². The fourth-order valence-corrected chi connectivity index (χ4v) is 6.02. The third kappa shape index (κ3) is 4.97. The highest BCUT2D eigenvalue weighted by atomic mass is 32.2. The van der Waals surface area contributed by atoms with E-state index in [0.29, 0.717) is 24.0 Å². The SMILES string of the molecule is Cn1c(SCCCN2CC3CCN(c4ccccc4C(F)(F)F)C3C2)nnc1-c1ccc(=O)[nH]c1. The molecule has 3 aromatic rings. The summed E-state index contributed by atoms with van der Waals surface area (Å²) in [6, 6.07) is 9.25. The van der Waals surface area contributed by atoms with Crippen LogP contribution in [0.4, 0.5) is 18.9 Å². The van der Waals surface area contributed by atoms with E-state index in [4.69, 9.17) is 0 Å². The molecule has 35 heavy (non-hydrogen) atoms. The molecule has 11 heteroatoms. The normalized spacial score (nSPS) is 20.5. The standard InChI is InChI=1S/C24H27F3N6OS/c1-31-22(16-7-8-21(34)28-13-16)29-30-23(31)35-12-4-10-32-14-17-9-11-33(20(17)15-32)19-6-3-2-5-18(19)24(25,26)27/h2-3,5-8,13,17,20H,4,9-12,14-15H2,1H3,(H,28,34). The molecule has 1 N–H and O–H groups in total. The lowest BCUT2D eigenvalue weighted by molar-refractivity contribution is -0.137. The zero-order valence-corrected chi connectivity index (χ0v) is 20.1. The van der Waals surface area contributed by atoms with E-state index in [1.54, 1.807) is 36.2 Å². The molecule has 2 atom stereocenters. The van der Waals surface area contributed by atoms with Crippen molar-refractivity contribution in [1.29, 1.82) is 0 Å². The first-order valence-corrected chi connectivity index (χ1v) is 12.7. The number of alkyl halides is 3. The van der Waals surface area contributed by atoms with E-state index >= 15 is 0 Å². The van der Waals surface area contributed by atoms with Crippen molar-refractivity contribution in [3.63, 3.8) is 0 Å². The summed E-state index contributed by atoms with van der Waals surface area (Å²) in [5.74, 6) is 1.96. The predicted octanol–water partition coefficient (Wildman–Crippen LogP) is 3.88. The van der Waals surface area contributed by atoms with Gasteiger partial charge in [0.25, 0.3) is 0 Å². The number of fused-ring (bicyclic) bond motifs is 1. The van der Waals surface area contributed by atoms with Crippen LogP contribution in [0, 0.1) is 5.92 Å². The zero-order chi connectivity index (χ0) is 24.6. The second-order valence-corrected chi connectivity index (χ2v) is 10.2. The Bertz CT molecular complexity index is 1220. The number of para-hydroxylation sites is 1. The van der Waals surface area contributed by atoms with E-state index < -0.39 is 11.7 Å². The average molecular weight is 505 g/mol. The van der Waals surface area contributed by atoms with Gasteiger partial charge in [-0.1, -0.05) is 23.9 Å². The Hall–Kier alpha value is -2.79. The van der Waals surface area contributed by atoms with Crippen molar-refractivity contribution in [2.75, 3.05) is 36.8 Å². The number of pyridine rings is 1. The second-order valence-electron chi connectivity index (χ2n) is 9.09. The number of benzene rings is 1. The smallest absolute Gasteiger partial charge is 0.366 e. The quantitative estimate of drug-likeness (QED) is 0.389. The number of halogens is 3. The molecule has 0 aliphatic carbocycles. The van der Waals surface area contributed by atoms with Crippen LogP contribution in [0.1, 0.15) is 18.4 Å². The Morgan fingerprint density at radius 1 is 1.14 bits per heavy atom. The van der Waals surface area contributed by atoms with Crippen molar-refractivity contribution < 1.29 is 13.2 Å². The van der Waals surface area contributed by atoms with Crippen LogP contribution in [0.5, 0.6) is 0 Å². The Morgan fingerprint density at radius 3 is 2.74 bits per heavy atom. The number of rotatable bonds is 7. The lowest BCUT2D eigenvalue weighted by Crippen LogP contribution is -2.36. The molecular formula is C24H27F3N6OS. The third-order valence-electron chi connectivity index (χ3n) is 6.87. The maximum Gasteiger partial charge on any atom is 0.418 e. The molecule has 1 aromatic carbocycles. The minimum absolute atomic E-state index is 0.129. The highest BCUT2D eigenvalue weighted by molar-refractivity contribution is 7.99. The van der Waals surface area contributed by atoms with E-state index in [9.17, 15) is 18.0 Å². The molecule has 2 saturated heterocycles. The minimum atomic E-state index is -4.35. The molecule has 186 valence electrons. The summed E-state index contributed by atoms with van der Waals surface area (Å²) in [5, 5.41) is 9.32. The Balaban J connectivity index is 1.15. The van der Waals surface area contributed by atoms with Gasteiger partial charge in [-0.15, -0.1) is 10.2 Å². The van der Waals surface area contributed by atoms with Gasteiger partial charge in [0.1, 0.15) is 0 Å². The van der Waals surface area contributed by atoms with Crippen molar-refractivity contribution in [2.24, 2.45) is 13.0 Å². The highest BCUT2D eigenvalue weighted by Crippen LogP contribution is 2.41. The van der Waals surface area contributed by atoms with E-state index in [-0.39, 0.29) is 11.6 Å². The molecule has 0 spiro atoms. The van der Waals surface area contributed by atoms with Gasteiger partial charge >= 0.3 is 6.18 Å². The van der Waals surface area contributed by atoms with Crippen molar-refractivity contribution in [1.82, 2.24) is 24.6 Å². The molecule has 0 bridgehead atoms. The number of hydrogen-bond acceptors (Lipinski definition) is 6.